The van der Waals surface area contributed by atoms with Crippen LogP contribution in [0.4, 0.5) is 4.79 Å². The topological polar surface area (TPSA) is 54.5 Å². The molecule has 0 unspecified atom stereocenters. The zero-order chi connectivity index (χ0) is 15.7. The van der Waals surface area contributed by atoms with Crippen LogP contribution in [-0.2, 0) is 11.3 Å². The van der Waals surface area contributed by atoms with Crippen molar-refractivity contribution in [2.45, 2.75) is 46.3 Å². The fourth-order valence-corrected chi connectivity index (χ4v) is 1.84. The van der Waals surface area contributed by atoms with E-state index in [1.165, 1.54) is 5.56 Å². The van der Waals surface area contributed by atoms with E-state index in [1.54, 1.807) is 17.3 Å². The highest BCUT2D eigenvalue weighted by Gasteiger charge is 2.21. The second kappa shape index (κ2) is 8.62. The fourth-order valence-electron chi connectivity index (χ4n) is 1.84. The zero-order valence-electron chi connectivity index (χ0n) is 13.6. The molecule has 0 radical (unpaired) electrons. The van der Waals surface area contributed by atoms with Crippen molar-refractivity contribution in [3.05, 3.63) is 30.1 Å². The molecule has 0 bridgehead atoms. The molecule has 1 aromatic heterocycles. The summed E-state index contributed by atoms with van der Waals surface area (Å²) >= 11 is 0. The van der Waals surface area contributed by atoms with Crippen LogP contribution in [0.25, 0.3) is 0 Å². The number of nitrogens with zero attached hydrogens (tertiary/aromatic N) is 2. The summed E-state index contributed by atoms with van der Waals surface area (Å²) in [5, 5.41) is 3.33. The van der Waals surface area contributed by atoms with Crippen molar-refractivity contribution in [3.8, 4) is 0 Å². The van der Waals surface area contributed by atoms with E-state index in [9.17, 15) is 4.79 Å². The third kappa shape index (κ3) is 7.66. The summed E-state index contributed by atoms with van der Waals surface area (Å²) in [5.74, 6) is 0. The Morgan fingerprint density at radius 1 is 1.29 bits per heavy atom. The molecule has 118 valence electrons. The lowest BCUT2D eigenvalue weighted by atomic mass is 10.2. The zero-order valence-corrected chi connectivity index (χ0v) is 13.6. The van der Waals surface area contributed by atoms with Gasteiger partial charge in [-0.1, -0.05) is 6.92 Å². The Labute approximate surface area is 127 Å². The first kappa shape index (κ1) is 17.4. The molecule has 0 aliphatic carbocycles. The van der Waals surface area contributed by atoms with Gasteiger partial charge in [-0.2, -0.15) is 0 Å². The summed E-state index contributed by atoms with van der Waals surface area (Å²) in [6, 6.07) is 3.95. The Bertz CT molecular complexity index is 415. The molecule has 0 saturated heterocycles. The second-order valence-electron chi connectivity index (χ2n) is 6.00. The molecule has 1 rings (SSSR count). The molecule has 0 aliphatic heterocycles. The first-order valence-corrected chi connectivity index (χ1v) is 7.50. The normalized spacial score (nSPS) is 11.2. The van der Waals surface area contributed by atoms with E-state index < -0.39 is 5.60 Å². The molecular formula is C16H27N3O2. The predicted octanol–water partition coefficient (Wildman–Crippen LogP) is 2.82. The van der Waals surface area contributed by atoms with Crippen LogP contribution in [0.3, 0.4) is 0 Å². The van der Waals surface area contributed by atoms with Gasteiger partial charge in [-0.3, -0.25) is 4.98 Å². The number of carbonyl (C=O) groups is 1. The number of rotatable bonds is 7. The van der Waals surface area contributed by atoms with Gasteiger partial charge in [0.2, 0.25) is 0 Å². The monoisotopic (exact) mass is 293 g/mol. The number of ether oxygens (including phenoxy) is 1. The van der Waals surface area contributed by atoms with Crippen molar-refractivity contribution < 1.29 is 9.53 Å². The second-order valence-corrected chi connectivity index (χ2v) is 6.00. The maximum atomic E-state index is 12.1. The van der Waals surface area contributed by atoms with E-state index in [0.29, 0.717) is 13.1 Å². The van der Waals surface area contributed by atoms with Crippen LogP contribution in [-0.4, -0.2) is 41.2 Å². The van der Waals surface area contributed by atoms with Crippen LogP contribution in [0.5, 0.6) is 0 Å². The van der Waals surface area contributed by atoms with Gasteiger partial charge in [-0.05, 0) is 44.9 Å². The summed E-state index contributed by atoms with van der Waals surface area (Å²) in [6.45, 7) is 10.6. The minimum atomic E-state index is -0.451. The van der Waals surface area contributed by atoms with E-state index >= 15 is 0 Å². The van der Waals surface area contributed by atoms with E-state index in [4.69, 9.17) is 4.74 Å². The van der Waals surface area contributed by atoms with Crippen molar-refractivity contribution in [2.24, 2.45) is 0 Å². The molecule has 0 aromatic carbocycles. The molecule has 0 fully saturated rings. The van der Waals surface area contributed by atoms with E-state index in [1.807, 2.05) is 32.9 Å². The van der Waals surface area contributed by atoms with Crippen molar-refractivity contribution in [2.75, 3.05) is 19.6 Å². The highest BCUT2D eigenvalue weighted by molar-refractivity contribution is 5.68. The van der Waals surface area contributed by atoms with E-state index in [0.717, 1.165) is 19.5 Å². The minimum absolute atomic E-state index is 0.241. The van der Waals surface area contributed by atoms with Gasteiger partial charge < -0.3 is 15.0 Å². The average molecular weight is 293 g/mol. The van der Waals surface area contributed by atoms with Crippen molar-refractivity contribution >= 4 is 6.09 Å². The number of hydrogen-bond acceptors (Lipinski definition) is 4. The average Bonchev–Trinajstić information content (AvgIpc) is 2.41. The van der Waals surface area contributed by atoms with Crippen molar-refractivity contribution in [1.82, 2.24) is 15.2 Å². The Hall–Kier alpha value is -1.62. The Morgan fingerprint density at radius 2 is 1.95 bits per heavy atom. The molecule has 0 aliphatic rings. The van der Waals surface area contributed by atoms with Gasteiger partial charge in [0, 0.05) is 38.6 Å². The van der Waals surface area contributed by atoms with E-state index in [2.05, 4.69) is 17.2 Å². The maximum absolute atomic E-state index is 12.1. The van der Waals surface area contributed by atoms with Crippen LogP contribution >= 0.6 is 0 Å². The summed E-state index contributed by atoms with van der Waals surface area (Å²) < 4.78 is 5.42. The summed E-state index contributed by atoms with van der Waals surface area (Å²) in [4.78, 5) is 17.8. The third-order valence-electron chi connectivity index (χ3n) is 2.78. The van der Waals surface area contributed by atoms with Gasteiger partial charge >= 0.3 is 6.09 Å². The number of nitrogens with one attached hydrogen (secondary N) is 1. The first-order valence-electron chi connectivity index (χ1n) is 7.50. The number of carbonyl (C=O) groups excluding carboxylic acids is 1. The number of aromatic nitrogens is 1. The first-order chi connectivity index (χ1) is 9.92. The molecule has 1 heterocycles. The van der Waals surface area contributed by atoms with Gasteiger partial charge in [-0.25, -0.2) is 4.79 Å². The molecular weight excluding hydrogens is 266 g/mol. The van der Waals surface area contributed by atoms with Gasteiger partial charge in [0.15, 0.2) is 0 Å². The van der Waals surface area contributed by atoms with Gasteiger partial charge in [0.1, 0.15) is 5.60 Å². The van der Waals surface area contributed by atoms with Crippen LogP contribution in [0.1, 0.15) is 39.7 Å². The molecule has 0 saturated carbocycles. The molecule has 0 atom stereocenters. The maximum Gasteiger partial charge on any atom is 0.410 e. The Kier molecular flexibility index (Phi) is 7.15. The van der Waals surface area contributed by atoms with Crippen molar-refractivity contribution in [1.29, 1.82) is 0 Å². The van der Waals surface area contributed by atoms with E-state index in [-0.39, 0.29) is 6.09 Å². The molecule has 1 N–H and O–H groups in total. The van der Waals surface area contributed by atoms with Gasteiger partial charge in [0.25, 0.3) is 0 Å². The van der Waals surface area contributed by atoms with Gasteiger partial charge in [0.05, 0.1) is 0 Å². The smallest absolute Gasteiger partial charge is 0.410 e. The quantitative estimate of drug-likeness (QED) is 0.785. The number of hydrogen-bond donors (Lipinski definition) is 1. The van der Waals surface area contributed by atoms with Crippen LogP contribution in [0, 0.1) is 0 Å². The summed E-state index contributed by atoms with van der Waals surface area (Å²) in [7, 11) is 0. The van der Waals surface area contributed by atoms with Crippen LogP contribution in [0.2, 0.25) is 0 Å². The van der Waals surface area contributed by atoms with Gasteiger partial charge in [-0.15, -0.1) is 0 Å². The fraction of sp³-hybridized carbons (Fsp3) is 0.625. The largest absolute Gasteiger partial charge is 0.444 e. The minimum Gasteiger partial charge on any atom is -0.444 e. The SMILES string of the molecule is CCCN(CCNCc1ccncc1)C(=O)OC(C)(C)C. The number of amides is 1. The molecule has 1 aromatic rings. The highest BCUT2D eigenvalue weighted by atomic mass is 16.6. The molecule has 21 heavy (non-hydrogen) atoms. The summed E-state index contributed by atoms with van der Waals surface area (Å²) in [5.41, 5.74) is 0.734. The molecule has 0 spiro atoms. The predicted molar refractivity (Wildman–Crippen MR) is 84.0 cm³/mol. The standard InChI is InChI=1S/C16H27N3O2/c1-5-11-19(15(20)21-16(2,3)4)12-10-18-13-14-6-8-17-9-7-14/h6-9,18H,5,10-13H2,1-4H3. The third-order valence-corrected chi connectivity index (χ3v) is 2.78. The lowest BCUT2D eigenvalue weighted by Crippen LogP contribution is -2.40. The lowest BCUT2D eigenvalue weighted by Gasteiger charge is -2.27. The number of pyridine rings is 1. The Morgan fingerprint density at radius 3 is 2.52 bits per heavy atom. The Balaban J connectivity index is 2.35. The van der Waals surface area contributed by atoms with Crippen molar-refractivity contribution in [3.63, 3.8) is 0 Å². The highest BCUT2D eigenvalue weighted by Crippen LogP contribution is 2.10. The molecule has 1 amide bonds. The lowest BCUT2D eigenvalue weighted by molar-refractivity contribution is 0.0252. The molecule has 5 nitrogen and oxygen atoms in total. The summed E-state index contributed by atoms with van der Waals surface area (Å²) in [6.07, 6.45) is 4.24. The van der Waals surface area contributed by atoms with Crippen LogP contribution in [0.15, 0.2) is 24.5 Å². The van der Waals surface area contributed by atoms with Crippen LogP contribution < -0.4 is 5.32 Å². The molecule has 5 heteroatoms.